The molecule has 0 bridgehead atoms. The molecule has 1 saturated heterocycles. The van der Waals surface area contributed by atoms with Crippen molar-refractivity contribution in [1.82, 2.24) is 9.99 Å². The van der Waals surface area contributed by atoms with Gasteiger partial charge in [-0.1, -0.05) is 24.3 Å². The van der Waals surface area contributed by atoms with Crippen molar-refractivity contribution in [3.05, 3.63) is 53.6 Å². The third kappa shape index (κ3) is 4.35. The molecule has 1 fully saturated rings. The Morgan fingerprint density at radius 2 is 1.84 bits per heavy atom. The van der Waals surface area contributed by atoms with Gasteiger partial charge in [0.15, 0.2) is 0 Å². The number of nitrogens with zero attached hydrogens (tertiary/aromatic N) is 4. The van der Waals surface area contributed by atoms with Crippen LogP contribution in [-0.2, 0) is 14.1 Å². The molecule has 2 aromatic rings. The van der Waals surface area contributed by atoms with Gasteiger partial charge >= 0.3 is 5.96 Å². The molecular formula is C19H26N6+2. The Kier molecular flexibility index (Phi) is 5.28. The summed E-state index contributed by atoms with van der Waals surface area (Å²) >= 11 is 0. The largest absolute Gasteiger partial charge is 0.367 e. The number of nitrogens with one attached hydrogen (secondary N) is 1. The lowest BCUT2D eigenvalue weighted by atomic mass is 10.1. The van der Waals surface area contributed by atoms with E-state index in [0.29, 0.717) is 5.96 Å². The summed E-state index contributed by atoms with van der Waals surface area (Å²) in [5.41, 5.74) is 11.1. The van der Waals surface area contributed by atoms with Gasteiger partial charge in [0.2, 0.25) is 0 Å². The molecule has 6 heteroatoms. The van der Waals surface area contributed by atoms with E-state index in [4.69, 9.17) is 5.73 Å². The molecule has 0 amide bonds. The van der Waals surface area contributed by atoms with Gasteiger partial charge in [-0.05, 0) is 30.0 Å². The van der Waals surface area contributed by atoms with Gasteiger partial charge in [-0.15, -0.1) is 5.10 Å². The molecule has 3 rings (SSSR count). The van der Waals surface area contributed by atoms with E-state index in [0.717, 1.165) is 30.0 Å². The topological polar surface area (TPSA) is 62.2 Å². The van der Waals surface area contributed by atoms with Crippen LogP contribution in [0.1, 0.15) is 29.8 Å². The number of nitrogens with two attached hydrogens (primary N) is 1. The van der Waals surface area contributed by atoms with E-state index in [1.165, 1.54) is 12.8 Å². The third-order valence-electron chi connectivity index (χ3n) is 4.44. The molecule has 0 aliphatic carbocycles. The quantitative estimate of drug-likeness (QED) is 0.379. The first-order valence-corrected chi connectivity index (χ1v) is 8.59. The zero-order valence-electron chi connectivity index (χ0n) is 14.9. The smallest absolute Gasteiger partial charge is 0.289 e. The van der Waals surface area contributed by atoms with E-state index in [1.807, 2.05) is 38.6 Å². The molecule has 25 heavy (non-hydrogen) atoms. The van der Waals surface area contributed by atoms with Crippen molar-refractivity contribution in [1.29, 1.82) is 0 Å². The Bertz CT molecular complexity index is 783. The molecule has 3 N–H and O–H groups in total. The van der Waals surface area contributed by atoms with E-state index in [-0.39, 0.29) is 0 Å². The normalized spacial score (nSPS) is 14.7. The Morgan fingerprint density at radius 3 is 2.48 bits per heavy atom. The fourth-order valence-electron chi connectivity index (χ4n) is 2.90. The molecule has 6 nitrogen and oxygen atoms in total. The van der Waals surface area contributed by atoms with Crippen LogP contribution in [0.15, 0.2) is 41.8 Å². The van der Waals surface area contributed by atoms with E-state index < -0.39 is 0 Å². The number of hydrogen-bond acceptors (Lipinski definition) is 1. The molecule has 0 atom stereocenters. The highest BCUT2D eigenvalue weighted by atomic mass is 15.4. The van der Waals surface area contributed by atoms with E-state index in [2.05, 4.69) is 48.5 Å². The molecule has 0 spiro atoms. The maximum absolute atomic E-state index is 5.98. The third-order valence-corrected chi connectivity index (χ3v) is 4.44. The Hall–Kier alpha value is -2.89. The summed E-state index contributed by atoms with van der Waals surface area (Å²) in [6.45, 7) is 2.02. The number of benzene rings is 1. The highest BCUT2D eigenvalue weighted by Gasteiger charge is 2.12. The molecule has 1 aromatic heterocycles. The summed E-state index contributed by atoms with van der Waals surface area (Å²) in [7, 11) is 4.08. The van der Waals surface area contributed by atoms with Crippen molar-refractivity contribution >= 4 is 24.3 Å². The Labute approximate surface area is 148 Å². The highest BCUT2D eigenvalue weighted by Crippen LogP contribution is 2.07. The van der Waals surface area contributed by atoms with E-state index >= 15 is 0 Å². The molecular weight excluding hydrogens is 312 g/mol. The molecule has 1 aliphatic rings. The van der Waals surface area contributed by atoms with Crippen LogP contribution in [0.4, 0.5) is 0 Å². The minimum atomic E-state index is 0.628. The molecule has 1 aliphatic heterocycles. The summed E-state index contributed by atoms with van der Waals surface area (Å²) in [5.74, 6) is 1.77. The zero-order chi connectivity index (χ0) is 17.6. The van der Waals surface area contributed by atoms with Gasteiger partial charge in [-0.3, -0.25) is 10.3 Å². The van der Waals surface area contributed by atoms with Crippen LogP contribution in [0.5, 0.6) is 0 Å². The van der Waals surface area contributed by atoms with Gasteiger partial charge in [0, 0.05) is 6.08 Å². The number of hydrazone groups is 1. The Morgan fingerprint density at radius 1 is 1.16 bits per heavy atom. The minimum Gasteiger partial charge on any atom is -0.289 e. The van der Waals surface area contributed by atoms with Gasteiger partial charge < -0.3 is 0 Å². The second-order valence-electron chi connectivity index (χ2n) is 6.33. The van der Waals surface area contributed by atoms with E-state index in [1.54, 1.807) is 6.21 Å². The van der Waals surface area contributed by atoms with Crippen molar-refractivity contribution in [2.45, 2.75) is 12.8 Å². The Balaban J connectivity index is 1.60. The molecule has 1 aromatic carbocycles. The first kappa shape index (κ1) is 17.0. The highest BCUT2D eigenvalue weighted by molar-refractivity contribution is 5.82. The van der Waals surface area contributed by atoms with Crippen LogP contribution in [0.3, 0.4) is 0 Å². The molecule has 2 heterocycles. The maximum atomic E-state index is 5.98. The standard InChI is InChI=1S/C19H24N6/c1-23-13-14-24(2)18(23)10-9-16-5-7-17(8-6-16)15-21-22-19(20)25-11-3-4-12-25/h5-10,13-15,20H,3-4,11-12H2,1-2H3/p+2. The first-order valence-electron chi connectivity index (χ1n) is 8.59. The van der Waals surface area contributed by atoms with Crippen LogP contribution in [-0.4, -0.2) is 34.4 Å². The lowest BCUT2D eigenvalue weighted by molar-refractivity contribution is -0.672. The second kappa shape index (κ2) is 7.79. The van der Waals surface area contributed by atoms with Crippen molar-refractivity contribution in [2.24, 2.45) is 24.9 Å². The molecule has 0 saturated carbocycles. The zero-order valence-corrected chi connectivity index (χ0v) is 14.9. The summed E-state index contributed by atoms with van der Waals surface area (Å²) in [6, 6.07) is 8.24. The predicted molar refractivity (Wildman–Crippen MR) is 101 cm³/mol. The van der Waals surface area contributed by atoms with E-state index in [9.17, 15) is 0 Å². The molecule has 130 valence electrons. The van der Waals surface area contributed by atoms with Gasteiger partial charge in [0.05, 0.1) is 33.4 Å². The molecule has 0 unspecified atom stereocenters. The second-order valence-corrected chi connectivity index (χ2v) is 6.33. The van der Waals surface area contributed by atoms with Crippen molar-refractivity contribution < 1.29 is 9.14 Å². The van der Waals surface area contributed by atoms with Gasteiger partial charge in [0.25, 0.3) is 5.82 Å². The number of guanidine groups is 1. The lowest BCUT2D eigenvalue weighted by Gasteiger charge is -2.00. The summed E-state index contributed by atoms with van der Waals surface area (Å²) in [4.78, 5) is 0. The van der Waals surface area contributed by atoms with Crippen LogP contribution < -0.4 is 15.7 Å². The summed E-state index contributed by atoms with van der Waals surface area (Å²) in [6.07, 6.45) is 12.5. The van der Waals surface area contributed by atoms with Crippen LogP contribution in [0, 0.1) is 0 Å². The first-order chi connectivity index (χ1) is 12.1. The summed E-state index contributed by atoms with van der Waals surface area (Å²) in [5, 5.41) is 4.22. The SMILES string of the molecule is Cn1cc[n+](C)c1C=Cc1ccc(C=NNC(N)=[N+]2CCCC2)cc1. The molecule has 0 radical (unpaired) electrons. The predicted octanol–water partition coefficient (Wildman–Crippen LogP) is 1.06. The average molecular weight is 338 g/mol. The number of rotatable bonds is 4. The minimum absolute atomic E-state index is 0.628. The number of hydrogen-bond donors (Lipinski definition) is 2. The van der Waals surface area contributed by atoms with Gasteiger partial charge in [-0.2, -0.15) is 5.43 Å². The van der Waals surface area contributed by atoms with Crippen LogP contribution in [0.25, 0.3) is 12.2 Å². The average Bonchev–Trinajstić information content (AvgIpc) is 3.25. The number of aryl methyl sites for hydroxylation is 2. The van der Waals surface area contributed by atoms with Crippen molar-refractivity contribution in [3.63, 3.8) is 0 Å². The number of imidazole rings is 1. The van der Waals surface area contributed by atoms with Crippen molar-refractivity contribution in [3.8, 4) is 0 Å². The monoisotopic (exact) mass is 338 g/mol. The van der Waals surface area contributed by atoms with Crippen LogP contribution in [0.2, 0.25) is 0 Å². The number of aromatic nitrogens is 2. The van der Waals surface area contributed by atoms with Crippen molar-refractivity contribution in [2.75, 3.05) is 13.1 Å². The van der Waals surface area contributed by atoms with Crippen LogP contribution >= 0.6 is 0 Å². The fourth-order valence-corrected chi connectivity index (χ4v) is 2.90. The summed E-state index contributed by atoms with van der Waals surface area (Å²) < 4.78 is 6.30. The fraction of sp³-hybridized carbons (Fsp3) is 0.316. The lowest BCUT2D eigenvalue weighted by Crippen LogP contribution is -2.37. The maximum Gasteiger partial charge on any atom is 0.367 e. The van der Waals surface area contributed by atoms with Gasteiger partial charge in [0.1, 0.15) is 12.4 Å². The van der Waals surface area contributed by atoms with Gasteiger partial charge in [-0.25, -0.2) is 9.13 Å².